The molecule has 2 aromatic heterocycles. The maximum atomic E-state index is 13.6. The Hall–Kier alpha value is -1.47. The number of rotatable bonds is 7. The first-order valence-corrected chi connectivity index (χ1v) is 13.4. The highest BCUT2D eigenvalue weighted by molar-refractivity contribution is 6.76. The Morgan fingerprint density at radius 1 is 1.11 bits per heavy atom. The van der Waals surface area contributed by atoms with Crippen molar-refractivity contribution in [2.75, 3.05) is 6.61 Å². The molecule has 0 unspecified atom stereocenters. The quantitative estimate of drug-likeness (QED) is 0.218. The maximum absolute atomic E-state index is 13.6. The van der Waals surface area contributed by atoms with Crippen LogP contribution in [0.25, 0.3) is 22.3 Å². The molecule has 1 aromatic carbocycles. The Kier molecular flexibility index (Phi) is 6.44. The molecule has 0 aliphatic carbocycles. The molecule has 0 saturated heterocycles. The van der Waals surface area contributed by atoms with Crippen LogP contribution in [0.5, 0.6) is 0 Å². The smallest absolute Gasteiger partial charge is 0.264 e. The zero-order valence-electron chi connectivity index (χ0n) is 16.0. The second-order valence-electron chi connectivity index (χ2n) is 7.83. The van der Waals surface area contributed by atoms with E-state index in [9.17, 15) is 8.78 Å². The average molecular weight is 443 g/mol. The molecule has 0 radical (unpaired) electrons. The zero-order valence-corrected chi connectivity index (χ0v) is 18.5. The van der Waals surface area contributed by atoms with Gasteiger partial charge in [-0.25, -0.2) is 13.8 Å². The Morgan fingerprint density at radius 3 is 2.50 bits per heavy atom. The van der Waals surface area contributed by atoms with Crippen molar-refractivity contribution in [1.29, 1.82) is 0 Å². The lowest BCUT2D eigenvalue weighted by Crippen LogP contribution is -2.22. The number of pyridine rings is 1. The Balaban J connectivity index is 2.10. The Morgan fingerprint density at radius 2 is 1.82 bits per heavy atom. The molecule has 28 heavy (non-hydrogen) atoms. The van der Waals surface area contributed by atoms with Crippen LogP contribution in [0.15, 0.2) is 36.4 Å². The molecule has 8 heteroatoms. The predicted octanol–water partition coefficient (Wildman–Crippen LogP) is 7.26. The highest BCUT2D eigenvalue weighted by atomic mass is 35.5. The van der Waals surface area contributed by atoms with Gasteiger partial charge in [-0.3, -0.25) is 4.57 Å². The van der Waals surface area contributed by atoms with Gasteiger partial charge in [0.2, 0.25) is 0 Å². The highest BCUT2D eigenvalue weighted by Gasteiger charge is 2.23. The zero-order chi connectivity index (χ0) is 20.5. The van der Waals surface area contributed by atoms with Crippen LogP contribution in [0.3, 0.4) is 0 Å². The lowest BCUT2D eigenvalue weighted by molar-refractivity contribution is 0.0908. The third-order valence-electron chi connectivity index (χ3n) is 4.48. The summed E-state index contributed by atoms with van der Waals surface area (Å²) >= 11 is 12.7. The first-order valence-electron chi connectivity index (χ1n) is 8.98. The molecule has 2 heterocycles. The van der Waals surface area contributed by atoms with E-state index < -0.39 is 14.5 Å². The monoisotopic (exact) mass is 442 g/mol. The number of aromatic nitrogens is 2. The topological polar surface area (TPSA) is 27.1 Å². The van der Waals surface area contributed by atoms with Crippen molar-refractivity contribution in [3.63, 3.8) is 0 Å². The largest absolute Gasteiger partial charge is 0.361 e. The van der Waals surface area contributed by atoms with Crippen LogP contribution in [0, 0.1) is 0 Å². The molecule has 3 aromatic rings. The van der Waals surface area contributed by atoms with E-state index >= 15 is 0 Å². The molecule has 0 aliphatic heterocycles. The summed E-state index contributed by atoms with van der Waals surface area (Å²) in [7, 11) is -1.25. The molecular formula is C20H22Cl2F2N2OSi. The van der Waals surface area contributed by atoms with Crippen LogP contribution < -0.4 is 0 Å². The first kappa shape index (κ1) is 21.2. The molecule has 3 rings (SSSR count). The van der Waals surface area contributed by atoms with Gasteiger partial charge >= 0.3 is 0 Å². The summed E-state index contributed by atoms with van der Waals surface area (Å²) in [6.45, 7) is 7.55. The SMILES string of the molecule is C[Si](C)(C)CCOCn1c(-c2ccccc2C(F)F)c(Cl)c2ccc(Cl)nc21. The van der Waals surface area contributed by atoms with Gasteiger partial charge in [0.05, 0.1) is 10.7 Å². The van der Waals surface area contributed by atoms with Crippen molar-refractivity contribution in [2.45, 2.75) is 38.8 Å². The summed E-state index contributed by atoms with van der Waals surface area (Å²) in [5.41, 5.74) is 1.27. The number of ether oxygens (including phenoxy) is 1. The van der Waals surface area contributed by atoms with Gasteiger partial charge in [0.15, 0.2) is 0 Å². The second kappa shape index (κ2) is 8.49. The number of fused-ring (bicyclic) bond motifs is 1. The normalized spacial score (nSPS) is 12.3. The van der Waals surface area contributed by atoms with E-state index in [1.54, 1.807) is 34.9 Å². The second-order valence-corrected chi connectivity index (χ2v) is 14.2. The number of halogens is 4. The molecule has 0 aliphatic rings. The van der Waals surface area contributed by atoms with Gasteiger partial charge in [-0.1, -0.05) is 67.1 Å². The number of hydrogen-bond donors (Lipinski definition) is 0. The molecular weight excluding hydrogens is 421 g/mol. The number of nitrogens with zero attached hydrogens (tertiary/aromatic N) is 2. The molecule has 0 amide bonds. The Bertz CT molecular complexity index is 986. The maximum Gasteiger partial charge on any atom is 0.264 e. The molecule has 0 bridgehead atoms. The first-order chi connectivity index (χ1) is 13.2. The van der Waals surface area contributed by atoms with Gasteiger partial charge in [0, 0.05) is 31.2 Å². The lowest BCUT2D eigenvalue weighted by Gasteiger charge is -2.17. The summed E-state index contributed by atoms with van der Waals surface area (Å²) in [4.78, 5) is 4.37. The summed E-state index contributed by atoms with van der Waals surface area (Å²) in [6, 6.07) is 10.7. The number of hydrogen-bond acceptors (Lipinski definition) is 2. The highest BCUT2D eigenvalue weighted by Crippen LogP contribution is 2.41. The molecule has 0 spiro atoms. The van der Waals surface area contributed by atoms with Gasteiger partial charge in [-0.15, -0.1) is 0 Å². The van der Waals surface area contributed by atoms with E-state index in [2.05, 4.69) is 24.6 Å². The van der Waals surface area contributed by atoms with Crippen molar-refractivity contribution in [1.82, 2.24) is 9.55 Å². The van der Waals surface area contributed by atoms with Gasteiger partial charge in [0.25, 0.3) is 6.43 Å². The van der Waals surface area contributed by atoms with Crippen molar-refractivity contribution in [3.8, 4) is 11.3 Å². The molecule has 0 N–H and O–H groups in total. The molecule has 3 nitrogen and oxygen atoms in total. The van der Waals surface area contributed by atoms with E-state index in [1.165, 1.54) is 6.07 Å². The third-order valence-corrected chi connectivity index (χ3v) is 6.78. The van der Waals surface area contributed by atoms with E-state index in [0.29, 0.717) is 39.1 Å². The number of alkyl halides is 2. The van der Waals surface area contributed by atoms with Crippen molar-refractivity contribution < 1.29 is 13.5 Å². The summed E-state index contributed by atoms with van der Waals surface area (Å²) in [5, 5.41) is 1.32. The Labute approximate surface area is 174 Å². The average Bonchev–Trinajstić information content (AvgIpc) is 2.89. The standard InChI is InChI=1S/C20H22Cl2F2N2OSi/c1-28(2,3)11-10-27-12-26-18(13-6-4-5-7-14(13)19(23)24)17(22)15-8-9-16(21)25-20(15)26/h4-9,19H,10-12H2,1-3H3. The van der Waals surface area contributed by atoms with E-state index in [0.717, 1.165) is 6.04 Å². The fraction of sp³-hybridized carbons (Fsp3) is 0.350. The van der Waals surface area contributed by atoms with Gasteiger partial charge < -0.3 is 4.74 Å². The summed E-state index contributed by atoms with van der Waals surface area (Å²) in [6.07, 6.45) is -2.62. The lowest BCUT2D eigenvalue weighted by atomic mass is 10.0. The van der Waals surface area contributed by atoms with Crippen molar-refractivity contribution in [3.05, 3.63) is 52.1 Å². The predicted molar refractivity (Wildman–Crippen MR) is 114 cm³/mol. The number of benzene rings is 1. The molecule has 0 atom stereocenters. The van der Waals surface area contributed by atoms with Crippen molar-refractivity contribution in [2.24, 2.45) is 0 Å². The van der Waals surface area contributed by atoms with E-state index in [-0.39, 0.29) is 12.3 Å². The van der Waals surface area contributed by atoms with Gasteiger partial charge in [-0.2, -0.15) is 0 Å². The van der Waals surface area contributed by atoms with Gasteiger partial charge in [-0.05, 0) is 18.2 Å². The van der Waals surface area contributed by atoms with Crippen LogP contribution >= 0.6 is 23.2 Å². The van der Waals surface area contributed by atoms with Crippen LogP contribution in [-0.2, 0) is 11.5 Å². The minimum absolute atomic E-state index is 0.0818. The summed E-state index contributed by atoms with van der Waals surface area (Å²) < 4.78 is 34.9. The fourth-order valence-electron chi connectivity index (χ4n) is 2.98. The minimum atomic E-state index is -2.62. The van der Waals surface area contributed by atoms with Gasteiger partial charge in [0.1, 0.15) is 17.5 Å². The fourth-order valence-corrected chi connectivity index (χ4v) is 4.23. The van der Waals surface area contributed by atoms with Crippen LogP contribution in [-0.4, -0.2) is 24.2 Å². The van der Waals surface area contributed by atoms with E-state index in [4.69, 9.17) is 27.9 Å². The van der Waals surface area contributed by atoms with Crippen LogP contribution in [0.2, 0.25) is 35.9 Å². The minimum Gasteiger partial charge on any atom is -0.361 e. The third kappa shape index (κ3) is 4.57. The molecule has 0 saturated carbocycles. The van der Waals surface area contributed by atoms with E-state index in [1.807, 2.05) is 0 Å². The van der Waals surface area contributed by atoms with Crippen molar-refractivity contribution >= 4 is 42.3 Å². The van der Waals surface area contributed by atoms with Crippen LogP contribution in [0.1, 0.15) is 12.0 Å². The van der Waals surface area contributed by atoms with Crippen LogP contribution in [0.4, 0.5) is 8.78 Å². The molecule has 0 fully saturated rings. The summed E-state index contributed by atoms with van der Waals surface area (Å²) in [5.74, 6) is 0. The molecule has 150 valence electrons.